The van der Waals surface area contributed by atoms with Crippen molar-refractivity contribution < 1.29 is 88.8 Å². The second-order valence-corrected chi connectivity index (χ2v) is 15.8. The van der Waals surface area contributed by atoms with E-state index in [4.69, 9.17) is 40.0 Å². The van der Waals surface area contributed by atoms with Crippen LogP contribution in [0.25, 0.3) is 11.1 Å². The zero-order valence-electron chi connectivity index (χ0n) is 33.5. The number of nitrogens with one attached hydrogen (secondary N) is 2. The van der Waals surface area contributed by atoms with Crippen molar-refractivity contribution in [1.82, 2.24) is 10.6 Å². The van der Waals surface area contributed by atoms with E-state index in [2.05, 4.69) is 5.32 Å². The second-order valence-electron chi connectivity index (χ2n) is 15.4. The third kappa shape index (κ3) is 11.7. The zero-order chi connectivity index (χ0) is 45.4. The van der Waals surface area contributed by atoms with E-state index in [1.165, 1.54) is 24.3 Å². The zero-order valence-corrected chi connectivity index (χ0v) is 34.3. The van der Waals surface area contributed by atoms with Gasteiger partial charge in [-0.1, -0.05) is 66.2 Å². The molecule has 0 bridgehead atoms. The number of carboxylic acid groups (broad SMARTS) is 2. The van der Waals surface area contributed by atoms with Gasteiger partial charge in [-0.05, 0) is 47.4 Å². The molecule has 3 aromatic rings. The lowest BCUT2D eigenvalue weighted by Crippen LogP contribution is -2.70. The van der Waals surface area contributed by atoms with Gasteiger partial charge in [0, 0.05) is 30.2 Å². The number of carbonyl (C=O) groups excluding carboxylic acids is 1. The molecule has 2 amide bonds. The maximum Gasteiger partial charge on any atom is 0.405 e. The summed E-state index contributed by atoms with van der Waals surface area (Å²) < 4.78 is 34.7. The maximum atomic E-state index is 13.0. The Morgan fingerprint density at radius 3 is 2.21 bits per heavy atom. The Morgan fingerprint density at radius 2 is 1.56 bits per heavy atom. The van der Waals surface area contributed by atoms with E-state index >= 15 is 0 Å². The monoisotopic (exact) mass is 906 g/mol. The summed E-state index contributed by atoms with van der Waals surface area (Å²) in [6.45, 7) is -1.37. The van der Waals surface area contributed by atoms with Gasteiger partial charge in [0.25, 0.3) is 11.7 Å². The highest BCUT2D eigenvalue weighted by atomic mass is 35.5. The maximum absolute atomic E-state index is 13.0. The molecule has 63 heavy (non-hydrogen) atoms. The number of amides is 2. The molecule has 3 fully saturated rings. The molecule has 21 heteroatoms. The number of benzene rings is 3. The van der Waals surface area contributed by atoms with E-state index < -0.39 is 123 Å². The lowest BCUT2D eigenvalue weighted by molar-refractivity contribution is -0.376. The van der Waals surface area contributed by atoms with Crippen LogP contribution in [-0.4, -0.2) is 176 Å². The fourth-order valence-corrected chi connectivity index (χ4v) is 7.75. The molecule has 0 unspecified atom stereocenters. The Bertz CT molecular complexity index is 1970. The summed E-state index contributed by atoms with van der Waals surface area (Å²) >= 11 is 5.86. The lowest BCUT2D eigenvalue weighted by Gasteiger charge is -2.50. The Labute approximate surface area is 365 Å². The first kappa shape index (κ1) is 48.1. The van der Waals surface area contributed by atoms with Crippen molar-refractivity contribution in [2.75, 3.05) is 26.4 Å². The normalized spacial score (nSPS) is 32.0. The molecule has 3 saturated heterocycles. The van der Waals surface area contributed by atoms with Crippen molar-refractivity contribution in [3.05, 3.63) is 95.0 Å². The molecule has 6 rings (SSSR count). The van der Waals surface area contributed by atoms with Crippen molar-refractivity contribution in [3.63, 3.8) is 0 Å². The summed E-state index contributed by atoms with van der Waals surface area (Å²) in [5.41, 5.74) is 3.08. The molecular formula is C42H51ClN2O18. The van der Waals surface area contributed by atoms with Crippen LogP contribution in [0.2, 0.25) is 5.02 Å². The van der Waals surface area contributed by atoms with Crippen LogP contribution in [0.3, 0.4) is 0 Å². The number of aliphatic hydroxyl groups is 7. The van der Waals surface area contributed by atoms with Crippen LogP contribution in [0.1, 0.15) is 28.8 Å². The molecule has 0 aromatic heterocycles. The first-order valence-electron chi connectivity index (χ1n) is 20.1. The molecule has 0 spiro atoms. The van der Waals surface area contributed by atoms with Crippen LogP contribution in [0, 0.1) is 0 Å². The molecule has 11 N–H and O–H groups in total. The Hall–Kier alpha value is -4.36. The van der Waals surface area contributed by atoms with Crippen molar-refractivity contribution in [3.8, 4) is 11.1 Å². The summed E-state index contributed by atoms with van der Waals surface area (Å²) in [7, 11) is 0. The van der Waals surface area contributed by atoms with Gasteiger partial charge in [-0.2, -0.15) is 0 Å². The first-order valence-corrected chi connectivity index (χ1v) is 20.4. The summed E-state index contributed by atoms with van der Waals surface area (Å²) in [6.07, 6.45) is -23.8. The van der Waals surface area contributed by atoms with E-state index in [9.17, 15) is 60.3 Å². The average molecular weight is 907 g/mol. The molecule has 14 atom stereocenters. The van der Waals surface area contributed by atoms with Crippen molar-refractivity contribution in [2.24, 2.45) is 0 Å². The molecule has 3 aliphatic heterocycles. The topological polar surface area (TPSA) is 313 Å². The second kappa shape index (κ2) is 21.5. The average Bonchev–Trinajstić information content (AvgIpc) is 3.27. The minimum Gasteiger partial charge on any atom is -0.477 e. The largest absolute Gasteiger partial charge is 0.477 e. The summed E-state index contributed by atoms with van der Waals surface area (Å²) in [5.74, 6) is -5.76. The number of carboxylic acids is 1. The molecule has 3 aromatic carbocycles. The third-order valence-electron chi connectivity index (χ3n) is 11.1. The molecule has 0 saturated carbocycles. The number of ether oxygens (including phenoxy) is 6. The quantitative estimate of drug-likeness (QED) is 0.0821. The van der Waals surface area contributed by atoms with Crippen molar-refractivity contribution in [2.45, 2.75) is 105 Å². The molecule has 3 heterocycles. The van der Waals surface area contributed by atoms with E-state index in [0.717, 1.165) is 16.7 Å². The smallest absolute Gasteiger partial charge is 0.405 e. The molecule has 0 radical (unpaired) electrons. The van der Waals surface area contributed by atoms with E-state index in [1.54, 1.807) is 0 Å². The van der Waals surface area contributed by atoms with Crippen LogP contribution in [0.5, 0.6) is 0 Å². The van der Waals surface area contributed by atoms with Crippen LogP contribution in [0.15, 0.2) is 78.9 Å². The summed E-state index contributed by atoms with van der Waals surface area (Å²) in [6, 6.07) is 21.4. The molecule has 3 aliphatic rings. The number of hydrogen-bond acceptors (Lipinski definition) is 16. The molecule has 20 nitrogen and oxygen atoms in total. The third-order valence-corrected chi connectivity index (χ3v) is 11.3. The van der Waals surface area contributed by atoms with Crippen molar-refractivity contribution >= 4 is 29.6 Å². The minimum atomic E-state index is -3.08. The number of aliphatic hydroxyl groups excluding tert-OH is 7. The van der Waals surface area contributed by atoms with Gasteiger partial charge in [0.1, 0.15) is 48.8 Å². The number of carbonyl (C=O) groups is 3. The van der Waals surface area contributed by atoms with Gasteiger partial charge in [0.2, 0.25) is 0 Å². The van der Waals surface area contributed by atoms with E-state index in [1.807, 2.05) is 59.9 Å². The van der Waals surface area contributed by atoms with E-state index in [-0.39, 0.29) is 31.8 Å². The molecular weight excluding hydrogens is 856 g/mol. The number of rotatable bonds is 17. The van der Waals surface area contributed by atoms with Gasteiger partial charge in [-0.25, -0.2) is 9.59 Å². The molecule has 344 valence electrons. The van der Waals surface area contributed by atoms with Gasteiger partial charge >= 0.3 is 12.1 Å². The summed E-state index contributed by atoms with van der Waals surface area (Å²) in [5, 5.41) is 102. The highest BCUT2D eigenvalue weighted by molar-refractivity contribution is 6.30. The van der Waals surface area contributed by atoms with Gasteiger partial charge < -0.3 is 85.0 Å². The van der Waals surface area contributed by atoms with E-state index in [0.29, 0.717) is 5.02 Å². The lowest BCUT2D eigenvalue weighted by atomic mass is 9.88. The minimum absolute atomic E-state index is 0.0613. The highest BCUT2D eigenvalue weighted by Crippen LogP contribution is 2.38. The van der Waals surface area contributed by atoms with Crippen LogP contribution < -0.4 is 10.6 Å². The Morgan fingerprint density at radius 1 is 0.873 bits per heavy atom. The van der Waals surface area contributed by atoms with Gasteiger partial charge in [0.05, 0.1) is 44.2 Å². The van der Waals surface area contributed by atoms with Gasteiger partial charge in [0.15, 0.2) is 6.29 Å². The van der Waals surface area contributed by atoms with Crippen LogP contribution >= 0.6 is 11.6 Å². The highest BCUT2D eigenvalue weighted by Gasteiger charge is 2.60. The predicted octanol–water partition coefficient (Wildman–Crippen LogP) is -0.398. The SMILES string of the molecule is O=C(O)N[C@H]1[C@H]([C@H](O)[C@H](O)CNC(=O)c2ccc(Cl)cc2)O[C@@](O[C@H]2[C@@H](O)[C@@H](CO)O[C@@H](O[C@@H]3CCO[C@H](COCc4ccc(-c5ccccc5)cc4)[C@@H]3O)[C@@H]2O)(C(=O)O)C[C@@H]1O. The Kier molecular flexibility index (Phi) is 16.5. The molecule has 0 aliphatic carbocycles. The van der Waals surface area contributed by atoms with Gasteiger partial charge in [-0.15, -0.1) is 0 Å². The van der Waals surface area contributed by atoms with Gasteiger partial charge in [-0.3, -0.25) is 4.79 Å². The fraction of sp³-hybridized carbons (Fsp3) is 0.500. The fourth-order valence-electron chi connectivity index (χ4n) is 7.62. The number of hydrogen-bond donors (Lipinski definition) is 11. The van der Waals surface area contributed by atoms with Crippen LogP contribution in [-0.2, 0) is 39.8 Å². The van der Waals surface area contributed by atoms with Crippen molar-refractivity contribution in [1.29, 1.82) is 0 Å². The first-order chi connectivity index (χ1) is 30.1. The predicted molar refractivity (Wildman–Crippen MR) is 216 cm³/mol. The number of aliphatic carboxylic acids is 1. The standard InChI is InChI=1S/C42H51ClN2O18/c43-25-12-10-24(11-13-25)38(53)44-17-27(48)32(49)36-31(45-41(56)57)26(47)16-42(62-36,40(54)55)63-37-34(51)29(18-46)61-39(35(37)52)60-28-14-15-59-30(33(28)50)20-58-19-21-6-8-23(9-7-21)22-4-2-1-3-5-22/h1-13,26-37,39,45-52H,14-20H2,(H,44,53)(H,54,55)(H,56,57)/t26-,27+,28+,29+,30+,31+,32+,33+,34-,35+,36+,37-,39+,42-/m0/s1. The van der Waals surface area contributed by atoms with Crippen LogP contribution in [0.4, 0.5) is 4.79 Å². The Balaban J connectivity index is 1.12. The summed E-state index contributed by atoms with van der Waals surface area (Å²) in [4.78, 5) is 37.4. The number of halogens is 1.